The van der Waals surface area contributed by atoms with Crippen LogP contribution in [0, 0.1) is 5.41 Å². The average molecular weight is 284 g/mol. The molecule has 0 aliphatic heterocycles. The van der Waals surface area contributed by atoms with Gasteiger partial charge in [-0.1, -0.05) is 32.9 Å². The standard InChI is InChI=1S/C15H22ClNO2/c1-15(2,3)10-9-13(17-16)11-5-7-12(8-6-11)14(18)19-4/h5-8,13,17H,9-10H2,1-4H3/t13-/m1/s1. The molecule has 0 radical (unpaired) electrons. The van der Waals surface area contributed by atoms with Crippen LogP contribution >= 0.6 is 11.8 Å². The number of esters is 1. The summed E-state index contributed by atoms with van der Waals surface area (Å²) in [5, 5.41) is 0. The van der Waals surface area contributed by atoms with Gasteiger partial charge in [0.1, 0.15) is 0 Å². The minimum absolute atomic E-state index is 0.0904. The first-order valence-corrected chi connectivity index (χ1v) is 6.79. The lowest BCUT2D eigenvalue weighted by molar-refractivity contribution is 0.0600. The van der Waals surface area contributed by atoms with Crippen molar-refractivity contribution in [1.82, 2.24) is 4.84 Å². The first-order chi connectivity index (χ1) is 8.87. The van der Waals surface area contributed by atoms with E-state index in [1.807, 2.05) is 12.1 Å². The summed E-state index contributed by atoms with van der Waals surface area (Å²) in [6.07, 6.45) is 2.01. The number of benzene rings is 1. The summed E-state index contributed by atoms with van der Waals surface area (Å²) >= 11 is 5.82. The predicted molar refractivity (Wildman–Crippen MR) is 78.2 cm³/mol. The van der Waals surface area contributed by atoms with Gasteiger partial charge in [0.2, 0.25) is 0 Å². The summed E-state index contributed by atoms with van der Waals surface area (Å²) in [5.41, 5.74) is 1.90. The molecule has 1 atom stereocenters. The minimum Gasteiger partial charge on any atom is -0.465 e. The number of carbonyl (C=O) groups is 1. The van der Waals surface area contributed by atoms with E-state index in [4.69, 9.17) is 11.8 Å². The number of hydrogen-bond donors (Lipinski definition) is 1. The van der Waals surface area contributed by atoms with E-state index < -0.39 is 0 Å². The fourth-order valence-corrected chi connectivity index (χ4v) is 2.07. The molecular formula is C15H22ClNO2. The van der Waals surface area contributed by atoms with Crippen molar-refractivity contribution in [3.05, 3.63) is 35.4 Å². The molecule has 0 saturated heterocycles. The van der Waals surface area contributed by atoms with E-state index in [1.54, 1.807) is 12.1 Å². The van der Waals surface area contributed by atoms with Crippen LogP contribution in [0.1, 0.15) is 55.6 Å². The molecule has 0 amide bonds. The number of rotatable bonds is 5. The first kappa shape index (κ1) is 16.0. The maximum atomic E-state index is 11.4. The third kappa shape index (κ3) is 5.21. The molecule has 0 aliphatic carbocycles. The Morgan fingerprint density at radius 3 is 2.32 bits per heavy atom. The van der Waals surface area contributed by atoms with Gasteiger partial charge in [-0.05, 0) is 47.7 Å². The SMILES string of the molecule is COC(=O)c1ccc([C@@H](CCC(C)(C)C)NCl)cc1. The Balaban J connectivity index is 2.74. The van der Waals surface area contributed by atoms with E-state index in [0.29, 0.717) is 5.56 Å². The highest BCUT2D eigenvalue weighted by molar-refractivity contribution is 6.13. The topological polar surface area (TPSA) is 38.3 Å². The average Bonchev–Trinajstić information content (AvgIpc) is 2.38. The summed E-state index contributed by atoms with van der Waals surface area (Å²) in [7, 11) is 1.38. The zero-order valence-corrected chi connectivity index (χ0v) is 12.8. The molecule has 1 aromatic carbocycles. The lowest BCUT2D eigenvalue weighted by atomic mass is 9.87. The fourth-order valence-electron chi connectivity index (χ4n) is 1.83. The number of halogens is 1. The van der Waals surface area contributed by atoms with Crippen LogP contribution in [0.3, 0.4) is 0 Å². The molecular weight excluding hydrogens is 262 g/mol. The largest absolute Gasteiger partial charge is 0.465 e. The van der Waals surface area contributed by atoms with Gasteiger partial charge in [-0.2, -0.15) is 0 Å². The quantitative estimate of drug-likeness (QED) is 0.653. The van der Waals surface area contributed by atoms with Gasteiger partial charge in [0.15, 0.2) is 0 Å². The number of hydrogen-bond acceptors (Lipinski definition) is 3. The lowest BCUT2D eigenvalue weighted by Crippen LogP contribution is -2.15. The number of methoxy groups -OCH3 is 1. The van der Waals surface area contributed by atoms with Crippen molar-refractivity contribution in [2.75, 3.05) is 7.11 Å². The van der Waals surface area contributed by atoms with Crippen LogP contribution in [-0.4, -0.2) is 13.1 Å². The Morgan fingerprint density at radius 2 is 1.89 bits per heavy atom. The van der Waals surface area contributed by atoms with Crippen LogP contribution in [0.5, 0.6) is 0 Å². The molecule has 0 aromatic heterocycles. The maximum Gasteiger partial charge on any atom is 0.337 e. The summed E-state index contributed by atoms with van der Waals surface area (Å²) < 4.78 is 4.67. The summed E-state index contributed by atoms with van der Waals surface area (Å²) in [4.78, 5) is 14.2. The summed E-state index contributed by atoms with van der Waals surface area (Å²) in [6.45, 7) is 6.62. The van der Waals surface area contributed by atoms with E-state index in [9.17, 15) is 4.79 Å². The van der Waals surface area contributed by atoms with Crippen molar-refractivity contribution >= 4 is 17.7 Å². The van der Waals surface area contributed by atoms with E-state index in [-0.39, 0.29) is 17.4 Å². The Labute approximate surface area is 120 Å². The van der Waals surface area contributed by atoms with Gasteiger partial charge in [0, 0.05) is 6.04 Å². The van der Waals surface area contributed by atoms with Gasteiger partial charge in [-0.15, -0.1) is 0 Å². The first-order valence-electron chi connectivity index (χ1n) is 6.42. The Hall–Kier alpha value is -1.06. The second kappa shape index (κ2) is 6.92. The third-order valence-corrected chi connectivity index (χ3v) is 3.31. The molecule has 19 heavy (non-hydrogen) atoms. The summed E-state index contributed by atoms with van der Waals surface area (Å²) in [5.74, 6) is -0.323. The van der Waals surface area contributed by atoms with Crippen LogP contribution in [-0.2, 0) is 4.74 Å². The molecule has 1 N–H and O–H groups in total. The van der Waals surface area contributed by atoms with Crippen LogP contribution in [0.15, 0.2) is 24.3 Å². The van der Waals surface area contributed by atoms with Crippen LogP contribution in [0.2, 0.25) is 0 Å². The highest BCUT2D eigenvalue weighted by Gasteiger charge is 2.16. The minimum atomic E-state index is -0.323. The highest BCUT2D eigenvalue weighted by atomic mass is 35.5. The maximum absolute atomic E-state index is 11.4. The molecule has 0 unspecified atom stereocenters. The normalized spacial score (nSPS) is 13.1. The van der Waals surface area contributed by atoms with Crippen molar-refractivity contribution in [3.63, 3.8) is 0 Å². The zero-order valence-electron chi connectivity index (χ0n) is 12.0. The van der Waals surface area contributed by atoms with Crippen molar-refractivity contribution in [2.45, 2.75) is 39.7 Å². The molecule has 3 nitrogen and oxygen atoms in total. The monoisotopic (exact) mass is 283 g/mol. The van der Waals surface area contributed by atoms with E-state index in [2.05, 4.69) is 30.3 Å². The van der Waals surface area contributed by atoms with E-state index >= 15 is 0 Å². The van der Waals surface area contributed by atoms with Crippen LogP contribution in [0.4, 0.5) is 0 Å². The number of carbonyl (C=O) groups excluding carboxylic acids is 1. The summed E-state index contributed by atoms with van der Waals surface area (Å²) in [6, 6.07) is 7.44. The molecule has 0 spiro atoms. The van der Waals surface area contributed by atoms with Gasteiger partial charge < -0.3 is 4.74 Å². The molecule has 0 fully saturated rings. The van der Waals surface area contributed by atoms with Crippen molar-refractivity contribution < 1.29 is 9.53 Å². The Morgan fingerprint density at radius 1 is 1.32 bits per heavy atom. The second-order valence-electron chi connectivity index (χ2n) is 5.87. The molecule has 1 rings (SSSR count). The molecule has 4 heteroatoms. The van der Waals surface area contributed by atoms with E-state index in [0.717, 1.165) is 18.4 Å². The van der Waals surface area contributed by atoms with Gasteiger partial charge in [-0.3, -0.25) is 0 Å². The van der Waals surface area contributed by atoms with Crippen LogP contribution < -0.4 is 4.84 Å². The lowest BCUT2D eigenvalue weighted by Gasteiger charge is -2.22. The van der Waals surface area contributed by atoms with Crippen molar-refractivity contribution in [3.8, 4) is 0 Å². The third-order valence-electron chi connectivity index (χ3n) is 3.05. The molecule has 1 aromatic rings. The zero-order chi connectivity index (χ0) is 14.5. The number of nitrogens with one attached hydrogen (secondary N) is 1. The smallest absolute Gasteiger partial charge is 0.337 e. The van der Waals surface area contributed by atoms with Gasteiger partial charge in [0.25, 0.3) is 0 Å². The van der Waals surface area contributed by atoms with Crippen LogP contribution in [0.25, 0.3) is 0 Å². The highest BCUT2D eigenvalue weighted by Crippen LogP contribution is 2.27. The molecule has 0 heterocycles. The fraction of sp³-hybridized carbons (Fsp3) is 0.533. The van der Waals surface area contributed by atoms with Gasteiger partial charge in [0.05, 0.1) is 12.7 Å². The van der Waals surface area contributed by atoms with Crippen molar-refractivity contribution in [2.24, 2.45) is 5.41 Å². The predicted octanol–water partition coefficient (Wildman–Crippen LogP) is 4.08. The molecule has 0 saturated carbocycles. The number of ether oxygens (including phenoxy) is 1. The molecule has 106 valence electrons. The second-order valence-corrected chi connectivity index (χ2v) is 6.09. The van der Waals surface area contributed by atoms with Gasteiger partial charge in [-0.25, -0.2) is 9.63 Å². The molecule has 0 aliphatic rings. The molecule has 0 bridgehead atoms. The Kier molecular flexibility index (Phi) is 5.83. The Bertz CT molecular complexity index is 409. The van der Waals surface area contributed by atoms with E-state index in [1.165, 1.54) is 7.11 Å². The van der Waals surface area contributed by atoms with Crippen molar-refractivity contribution in [1.29, 1.82) is 0 Å². The van der Waals surface area contributed by atoms with Gasteiger partial charge >= 0.3 is 5.97 Å².